The van der Waals surface area contributed by atoms with Gasteiger partial charge in [0.05, 0.1) is 12.1 Å². The molecule has 114 valence electrons. The molecule has 23 heavy (non-hydrogen) atoms. The van der Waals surface area contributed by atoms with Crippen LogP contribution < -0.4 is 0 Å². The molecule has 5 heteroatoms. The van der Waals surface area contributed by atoms with Gasteiger partial charge in [0.25, 0.3) is 0 Å². The number of nitrogens with zero attached hydrogens (tertiary/aromatic N) is 2. The van der Waals surface area contributed by atoms with Gasteiger partial charge >= 0.3 is 0 Å². The zero-order chi connectivity index (χ0) is 16.9. The molecular weight excluding hydrogens is 356 g/mol. The molecule has 2 aromatic rings. The van der Waals surface area contributed by atoms with Crippen LogP contribution in [-0.2, 0) is 5.60 Å². The summed E-state index contributed by atoms with van der Waals surface area (Å²) >= 11 is 3.10. The summed E-state index contributed by atoms with van der Waals surface area (Å²) in [7, 11) is 0. The van der Waals surface area contributed by atoms with Gasteiger partial charge in [0.15, 0.2) is 5.78 Å². The first kappa shape index (κ1) is 16.9. The fourth-order valence-electron chi connectivity index (χ4n) is 2.39. The number of rotatable bonds is 5. The normalized spacial score (nSPS) is 15.5. The third-order valence-electron chi connectivity index (χ3n) is 3.63. The summed E-state index contributed by atoms with van der Waals surface area (Å²) in [5.41, 5.74) is -1.32. The number of benzene rings is 2. The second-order valence-electron chi connectivity index (χ2n) is 4.98. The van der Waals surface area contributed by atoms with Crippen molar-refractivity contribution in [3.63, 3.8) is 0 Å². The minimum absolute atomic E-state index is 0.311. The second kappa shape index (κ2) is 7.19. The second-order valence-corrected chi connectivity index (χ2v) is 5.89. The fraction of sp³-hybridized carbons (Fsp3) is 0.167. The fourth-order valence-corrected chi connectivity index (χ4v) is 2.92. The number of Topliss-reactive ketones (excluding diaryl/α,β-unsaturated/α-hetero) is 1. The molecule has 2 aromatic carbocycles. The Kier molecular flexibility index (Phi) is 5.28. The average molecular weight is 369 g/mol. The van der Waals surface area contributed by atoms with Crippen molar-refractivity contribution in [3.8, 4) is 12.1 Å². The Hall–Kier alpha value is -2.47. The molecule has 0 bridgehead atoms. The first-order chi connectivity index (χ1) is 11.1. The molecule has 4 nitrogen and oxygen atoms in total. The summed E-state index contributed by atoms with van der Waals surface area (Å²) in [6, 6.07) is 20.3. The third-order valence-corrected chi connectivity index (χ3v) is 4.53. The quantitative estimate of drug-likeness (QED) is 0.648. The number of hydrogen-bond donors (Lipinski definition) is 1. The highest BCUT2D eigenvalue weighted by atomic mass is 79.9. The van der Waals surface area contributed by atoms with Gasteiger partial charge in [-0.15, -0.1) is 0 Å². The van der Waals surface area contributed by atoms with Gasteiger partial charge in [-0.05, 0) is 5.56 Å². The highest BCUT2D eigenvalue weighted by Gasteiger charge is 2.49. The van der Waals surface area contributed by atoms with E-state index in [0.717, 1.165) is 0 Å². The molecule has 0 saturated carbocycles. The summed E-state index contributed by atoms with van der Waals surface area (Å²) in [6.07, 6.45) is 0. The van der Waals surface area contributed by atoms with Crippen molar-refractivity contribution in [2.75, 3.05) is 0 Å². The lowest BCUT2D eigenvalue weighted by Crippen LogP contribution is -2.45. The Balaban J connectivity index is 2.56. The van der Waals surface area contributed by atoms with Crippen molar-refractivity contribution in [2.45, 2.75) is 10.4 Å². The molecule has 0 fully saturated rings. The molecule has 0 aliphatic heterocycles. The minimum atomic E-state index is -1.96. The van der Waals surface area contributed by atoms with Crippen molar-refractivity contribution in [2.24, 2.45) is 5.92 Å². The Labute approximate surface area is 142 Å². The van der Waals surface area contributed by atoms with Crippen LogP contribution in [0.15, 0.2) is 60.7 Å². The highest BCUT2D eigenvalue weighted by molar-refractivity contribution is 9.09. The largest absolute Gasteiger partial charge is 0.381 e. The molecule has 2 rings (SSSR count). The van der Waals surface area contributed by atoms with E-state index in [9.17, 15) is 20.4 Å². The number of nitriles is 2. The van der Waals surface area contributed by atoms with Crippen LogP contribution in [0.2, 0.25) is 0 Å². The van der Waals surface area contributed by atoms with Crippen LogP contribution in [-0.4, -0.2) is 15.7 Å². The van der Waals surface area contributed by atoms with Crippen molar-refractivity contribution >= 4 is 21.7 Å². The maximum atomic E-state index is 12.7. The highest BCUT2D eigenvalue weighted by Crippen LogP contribution is 2.38. The van der Waals surface area contributed by atoms with Crippen molar-refractivity contribution < 1.29 is 9.90 Å². The van der Waals surface area contributed by atoms with Crippen LogP contribution in [0.25, 0.3) is 0 Å². The van der Waals surface area contributed by atoms with Gasteiger partial charge in [-0.25, -0.2) is 0 Å². The SMILES string of the molecule is N#CC(Br)C(O)(c1ccccc1)C(C#N)C(=O)c1ccccc1. The number of hydrogen-bond acceptors (Lipinski definition) is 4. The number of carbonyl (C=O) groups excluding carboxylic acids is 1. The number of ketones is 1. The van der Waals surface area contributed by atoms with Gasteiger partial charge in [0, 0.05) is 5.56 Å². The summed E-state index contributed by atoms with van der Waals surface area (Å²) < 4.78 is 0. The molecule has 1 N–H and O–H groups in total. The topological polar surface area (TPSA) is 84.9 Å². The summed E-state index contributed by atoms with van der Waals surface area (Å²) in [4.78, 5) is 11.6. The summed E-state index contributed by atoms with van der Waals surface area (Å²) in [5, 5.41) is 29.9. The molecule has 3 unspecified atom stereocenters. The lowest BCUT2D eigenvalue weighted by Gasteiger charge is -2.33. The molecule has 0 saturated heterocycles. The Morgan fingerprint density at radius 2 is 1.52 bits per heavy atom. The van der Waals surface area contributed by atoms with E-state index in [0.29, 0.717) is 11.1 Å². The Bertz CT molecular complexity index is 765. The van der Waals surface area contributed by atoms with Crippen molar-refractivity contribution in [1.29, 1.82) is 10.5 Å². The first-order valence-electron chi connectivity index (χ1n) is 6.86. The number of alkyl halides is 1. The van der Waals surface area contributed by atoms with Gasteiger partial charge in [0.1, 0.15) is 16.3 Å². The van der Waals surface area contributed by atoms with Gasteiger partial charge in [0.2, 0.25) is 0 Å². The van der Waals surface area contributed by atoms with Gasteiger partial charge < -0.3 is 5.11 Å². The molecule has 0 amide bonds. The van der Waals surface area contributed by atoms with E-state index >= 15 is 0 Å². The maximum Gasteiger partial charge on any atom is 0.183 e. The molecule has 0 aliphatic carbocycles. The van der Waals surface area contributed by atoms with E-state index in [2.05, 4.69) is 15.9 Å². The number of aliphatic hydroxyl groups is 1. The van der Waals surface area contributed by atoms with Crippen LogP contribution in [0.1, 0.15) is 15.9 Å². The van der Waals surface area contributed by atoms with Crippen LogP contribution >= 0.6 is 15.9 Å². The maximum absolute atomic E-state index is 12.7. The summed E-state index contributed by atoms with van der Waals surface area (Å²) in [5.74, 6) is -1.95. The van der Waals surface area contributed by atoms with Crippen molar-refractivity contribution in [1.82, 2.24) is 0 Å². The third kappa shape index (κ3) is 3.17. The number of halogens is 1. The van der Waals surface area contributed by atoms with E-state index < -0.39 is 22.1 Å². The predicted octanol–water partition coefficient (Wildman–Crippen LogP) is 3.18. The van der Waals surface area contributed by atoms with E-state index in [1.54, 1.807) is 60.7 Å². The average Bonchev–Trinajstić information content (AvgIpc) is 2.62. The lowest BCUT2D eigenvalue weighted by atomic mass is 9.76. The van der Waals surface area contributed by atoms with E-state index in [4.69, 9.17) is 0 Å². The van der Waals surface area contributed by atoms with Gasteiger partial charge in [-0.3, -0.25) is 4.79 Å². The number of carbonyl (C=O) groups is 1. The molecule has 0 aromatic heterocycles. The zero-order valence-electron chi connectivity index (χ0n) is 12.1. The molecular formula is C18H13BrN2O2. The molecule has 0 heterocycles. The van der Waals surface area contributed by atoms with E-state index in [-0.39, 0.29) is 0 Å². The molecule has 0 aliphatic rings. The van der Waals surface area contributed by atoms with Gasteiger partial charge in [-0.1, -0.05) is 76.6 Å². The predicted molar refractivity (Wildman–Crippen MR) is 88.5 cm³/mol. The van der Waals surface area contributed by atoms with Crippen LogP contribution in [0, 0.1) is 28.6 Å². The minimum Gasteiger partial charge on any atom is -0.381 e. The first-order valence-corrected chi connectivity index (χ1v) is 7.77. The van der Waals surface area contributed by atoms with Crippen LogP contribution in [0.5, 0.6) is 0 Å². The smallest absolute Gasteiger partial charge is 0.183 e. The molecule has 3 atom stereocenters. The van der Waals surface area contributed by atoms with Crippen LogP contribution in [0.3, 0.4) is 0 Å². The van der Waals surface area contributed by atoms with Crippen LogP contribution in [0.4, 0.5) is 0 Å². The monoisotopic (exact) mass is 368 g/mol. The molecule has 0 radical (unpaired) electrons. The summed E-state index contributed by atoms with van der Waals surface area (Å²) in [6.45, 7) is 0. The Morgan fingerprint density at radius 3 is 2.00 bits per heavy atom. The van der Waals surface area contributed by atoms with Crippen molar-refractivity contribution in [3.05, 3.63) is 71.8 Å². The molecule has 0 spiro atoms. The van der Waals surface area contributed by atoms with E-state index in [1.807, 2.05) is 12.1 Å². The lowest BCUT2D eigenvalue weighted by molar-refractivity contribution is 0.0119. The van der Waals surface area contributed by atoms with Gasteiger partial charge in [-0.2, -0.15) is 10.5 Å². The zero-order valence-corrected chi connectivity index (χ0v) is 13.6. The standard InChI is InChI=1S/C18H13BrN2O2/c19-16(12-21)18(23,14-9-5-2-6-10-14)15(11-20)17(22)13-7-3-1-4-8-13/h1-10,15-16,23H. The Morgan fingerprint density at radius 1 is 1.00 bits per heavy atom. The van der Waals surface area contributed by atoms with E-state index in [1.165, 1.54) is 0 Å².